The Labute approximate surface area is 307 Å². The summed E-state index contributed by atoms with van der Waals surface area (Å²) in [6.07, 6.45) is -10.8. The molecule has 5 aliphatic rings. The number of ether oxygens (including phenoxy) is 7. The van der Waals surface area contributed by atoms with Crippen molar-refractivity contribution in [3.8, 4) is 51.7 Å². The minimum absolute atomic E-state index is 0.0913. The standard InChI is InChI=1S/C38H37N3O13/c1-48-22-10-9-17-20-15-50-24-12-23-18(27(19-14-41-21-8-4-3-6-16(19)21)28(24)30(20)53-31(17)32(22)49-2)7-5-11-38(47)34(46)29(45)37(51-23)54-35(38)33(36(39)40)52-26(44)13-25(42)43/h3-4,6,8-10,12,14,20,29-30,33-37,41,45-47H,11,13,15,39-40H2,1-2H3,(H,42,43)/t20-,29+,30+,33-,34+,35+,37+,38-/m0/s1. The maximum atomic E-state index is 12.4. The van der Waals surface area contributed by atoms with Gasteiger partial charge in [0.15, 0.2) is 17.6 Å². The number of carbonyl (C=O) groups is 2. The molecule has 2 bridgehead atoms. The van der Waals surface area contributed by atoms with Crippen molar-refractivity contribution in [2.24, 2.45) is 11.5 Å². The van der Waals surface area contributed by atoms with Crippen LogP contribution < -0.4 is 35.2 Å². The fourth-order valence-corrected chi connectivity index (χ4v) is 7.82. The second-order valence-corrected chi connectivity index (χ2v) is 13.5. The third-order valence-electron chi connectivity index (χ3n) is 10.4. The Hall–Kier alpha value is -5.54. The molecule has 282 valence electrons. The van der Waals surface area contributed by atoms with Crippen molar-refractivity contribution in [1.29, 1.82) is 0 Å². The molecule has 3 aromatic carbocycles. The molecule has 1 fully saturated rings. The fourth-order valence-electron chi connectivity index (χ4n) is 7.82. The summed E-state index contributed by atoms with van der Waals surface area (Å²) in [6, 6.07) is 13.0. The van der Waals surface area contributed by atoms with Gasteiger partial charge in [0, 0.05) is 51.8 Å². The van der Waals surface area contributed by atoms with E-state index in [0.29, 0.717) is 39.7 Å². The molecule has 0 unspecified atom stereocenters. The van der Waals surface area contributed by atoms with E-state index >= 15 is 0 Å². The van der Waals surface area contributed by atoms with Crippen molar-refractivity contribution in [2.45, 2.75) is 67.3 Å². The first-order valence-corrected chi connectivity index (χ1v) is 17.1. The molecule has 6 heterocycles. The number of aliphatic carboxylic acids is 1. The minimum Gasteiger partial charge on any atom is -0.493 e. The van der Waals surface area contributed by atoms with E-state index < -0.39 is 73.4 Å². The number of nitrogens with one attached hydrogen (secondary N) is 1. The first kappa shape index (κ1) is 35.5. The number of aliphatic hydroxyl groups excluding tert-OH is 2. The number of rotatable bonds is 8. The Morgan fingerprint density at radius 2 is 1.89 bits per heavy atom. The molecular weight excluding hydrogens is 706 g/mol. The van der Waals surface area contributed by atoms with Gasteiger partial charge in [0.25, 0.3) is 0 Å². The maximum Gasteiger partial charge on any atom is 0.317 e. The molecule has 4 aromatic rings. The molecule has 0 saturated carbocycles. The zero-order valence-corrected chi connectivity index (χ0v) is 29.0. The summed E-state index contributed by atoms with van der Waals surface area (Å²) < 4.78 is 42.2. The largest absolute Gasteiger partial charge is 0.493 e. The van der Waals surface area contributed by atoms with Gasteiger partial charge in [-0.3, -0.25) is 9.59 Å². The van der Waals surface area contributed by atoms with Crippen molar-refractivity contribution in [3.63, 3.8) is 0 Å². The zero-order chi connectivity index (χ0) is 38.1. The Kier molecular flexibility index (Phi) is 8.80. The van der Waals surface area contributed by atoms with Crippen LogP contribution in [0, 0.1) is 11.8 Å². The van der Waals surface area contributed by atoms with Crippen molar-refractivity contribution < 1.29 is 63.2 Å². The van der Waals surface area contributed by atoms with Gasteiger partial charge in [-0.25, -0.2) is 0 Å². The molecule has 0 amide bonds. The van der Waals surface area contributed by atoms with Crippen LogP contribution in [-0.4, -0.2) is 101 Å². The summed E-state index contributed by atoms with van der Waals surface area (Å²) >= 11 is 0. The van der Waals surface area contributed by atoms with E-state index in [0.717, 1.165) is 22.0 Å². The number of aromatic amines is 1. The molecular formula is C38H37N3O13. The van der Waals surface area contributed by atoms with E-state index in [1.807, 2.05) is 42.6 Å². The van der Waals surface area contributed by atoms with Crippen LogP contribution >= 0.6 is 0 Å². The third kappa shape index (κ3) is 5.56. The smallest absolute Gasteiger partial charge is 0.317 e. The molecule has 16 heteroatoms. The summed E-state index contributed by atoms with van der Waals surface area (Å²) in [5.41, 5.74) is 13.5. The molecule has 8 atom stereocenters. The number of hydrogen-bond acceptors (Lipinski definition) is 14. The summed E-state index contributed by atoms with van der Waals surface area (Å²) in [5, 5.41) is 44.7. The van der Waals surface area contributed by atoms with Crippen LogP contribution in [-0.2, 0) is 19.1 Å². The van der Waals surface area contributed by atoms with E-state index in [2.05, 4.69) is 16.8 Å². The minimum atomic E-state index is -2.44. The van der Waals surface area contributed by atoms with Gasteiger partial charge < -0.3 is 70.0 Å². The van der Waals surface area contributed by atoms with E-state index in [1.165, 1.54) is 7.11 Å². The molecule has 0 aliphatic carbocycles. The average molecular weight is 744 g/mol. The van der Waals surface area contributed by atoms with Crippen LogP contribution in [0.3, 0.4) is 0 Å². The summed E-state index contributed by atoms with van der Waals surface area (Å²) in [5.74, 6) is 5.04. The normalized spacial score (nSPS) is 26.7. The lowest BCUT2D eigenvalue weighted by molar-refractivity contribution is -0.324. The number of benzene rings is 3. The van der Waals surface area contributed by atoms with E-state index in [9.17, 15) is 24.9 Å². The van der Waals surface area contributed by atoms with Crippen molar-refractivity contribution >= 4 is 22.8 Å². The van der Waals surface area contributed by atoms with Crippen LogP contribution in [0.1, 0.15) is 41.6 Å². The molecule has 9 rings (SSSR count). The number of para-hydroxylation sites is 1. The molecule has 9 N–H and O–H groups in total. The monoisotopic (exact) mass is 743 g/mol. The van der Waals surface area contributed by atoms with Crippen LogP contribution in [0.15, 0.2) is 48.7 Å². The number of carboxylic acids is 1. The molecule has 0 radical (unpaired) electrons. The predicted octanol–water partition coefficient (Wildman–Crippen LogP) is 1.40. The Morgan fingerprint density at radius 1 is 1.09 bits per heavy atom. The number of nitrogens with two attached hydrogens (primary N) is 2. The van der Waals surface area contributed by atoms with Gasteiger partial charge in [0.1, 0.15) is 47.9 Å². The third-order valence-corrected chi connectivity index (χ3v) is 10.4. The highest BCUT2D eigenvalue weighted by atomic mass is 16.7. The maximum absolute atomic E-state index is 12.4. The summed E-state index contributed by atoms with van der Waals surface area (Å²) in [7, 11) is 3.08. The summed E-state index contributed by atoms with van der Waals surface area (Å²) in [6.45, 7) is 0.214. The summed E-state index contributed by atoms with van der Waals surface area (Å²) in [4.78, 5) is 27.0. The topological polar surface area (TPSA) is 248 Å². The van der Waals surface area contributed by atoms with Gasteiger partial charge in [-0.15, -0.1) is 0 Å². The SMILES string of the molecule is COc1ccc2c(c1OC)O[C@H]1c3c(cc4c(c3-c3c[nH]c5ccccc35)C#CC[C@]3(O)[C@H](O)[C@@H](O)[C@H](O4)O[C@@H]3[C@H](OC(=O)CC(=O)O)C(N)N)OC[C@@H]21. The molecule has 5 aliphatic heterocycles. The second-order valence-electron chi connectivity index (χ2n) is 13.5. The molecule has 0 spiro atoms. The van der Waals surface area contributed by atoms with Gasteiger partial charge in [-0.1, -0.05) is 36.1 Å². The van der Waals surface area contributed by atoms with E-state index in [4.69, 9.17) is 49.7 Å². The van der Waals surface area contributed by atoms with E-state index in [-0.39, 0.29) is 18.3 Å². The van der Waals surface area contributed by atoms with Crippen LogP contribution in [0.2, 0.25) is 0 Å². The first-order valence-electron chi connectivity index (χ1n) is 17.1. The van der Waals surface area contributed by atoms with Crippen molar-refractivity contribution in [2.75, 3.05) is 20.8 Å². The highest BCUT2D eigenvalue weighted by molar-refractivity contribution is 5.99. The van der Waals surface area contributed by atoms with Gasteiger partial charge in [0.05, 0.1) is 38.5 Å². The number of aromatic nitrogens is 1. The number of carboxylic acid groups (broad SMARTS) is 1. The van der Waals surface area contributed by atoms with Gasteiger partial charge in [-0.2, -0.15) is 0 Å². The number of aliphatic hydroxyl groups is 3. The molecule has 1 saturated heterocycles. The van der Waals surface area contributed by atoms with Crippen LogP contribution in [0.4, 0.5) is 0 Å². The number of H-pyrrole nitrogens is 1. The highest BCUT2D eigenvalue weighted by Crippen LogP contribution is 2.59. The van der Waals surface area contributed by atoms with Crippen molar-refractivity contribution in [1.82, 2.24) is 4.98 Å². The number of methoxy groups -OCH3 is 2. The van der Waals surface area contributed by atoms with Crippen LogP contribution in [0.25, 0.3) is 22.0 Å². The molecule has 16 nitrogen and oxygen atoms in total. The lowest BCUT2D eigenvalue weighted by atomic mass is 9.78. The number of fused-ring (bicyclic) bond motifs is 9. The zero-order valence-electron chi connectivity index (χ0n) is 29.0. The number of carbonyl (C=O) groups excluding carboxylic acids is 1. The van der Waals surface area contributed by atoms with Gasteiger partial charge in [-0.05, 0) is 12.1 Å². The number of hydrogen-bond donors (Lipinski definition) is 7. The van der Waals surface area contributed by atoms with E-state index in [1.54, 1.807) is 13.2 Å². The fraction of sp³-hybridized carbons (Fsp3) is 0.368. The van der Waals surface area contributed by atoms with Gasteiger partial charge in [0.2, 0.25) is 12.0 Å². The average Bonchev–Trinajstić information content (AvgIpc) is 3.75. The van der Waals surface area contributed by atoms with Crippen LogP contribution in [0.5, 0.6) is 28.7 Å². The predicted molar refractivity (Wildman–Crippen MR) is 187 cm³/mol. The number of esters is 1. The molecule has 1 aromatic heterocycles. The first-order chi connectivity index (χ1) is 25.9. The quantitative estimate of drug-likeness (QED) is 0.0584. The Balaban J connectivity index is 1.30. The molecule has 54 heavy (non-hydrogen) atoms. The Morgan fingerprint density at radius 3 is 2.63 bits per heavy atom. The lowest BCUT2D eigenvalue weighted by Gasteiger charge is -2.50. The second kappa shape index (κ2) is 13.4. The Bertz CT molecular complexity index is 2230. The highest BCUT2D eigenvalue weighted by Gasteiger charge is 2.59. The van der Waals surface area contributed by atoms with Gasteiger partial charge >= 0.3 is 11.9 Å². The lowest BCUT2D eigenvalue weighted by Crippen LogP contribution is -2.72. The van der Waals surface area contributed by atoms with Crippen molar-refractivity contribution in [3.05, 3.63) is 65.4 Å².